The van der Waals surface area contributed by atoms with Crippen LogP contribution in [0.3, 0.4) is 0 Å². The number of hydrogen-bond acceptors (Lipinski definition) is 7. The van der Waals surface area contributed by atoms with Crippen molar-refractivity contribution in [1.82, 2.24) is 9.97 Å². The number of rotatable bonds is 6. The third-order valence-corrected chi connectivity index (χ3v) is 4.74. The quantitative estimate of drug-likeness (QED) is 0.284. The van der Waals surface area contributed by atoms with Crippen molar-refractivity contribution in [3.8, 4) is 0 Å². The Bertz CT molecular complexity index is 1010. The van der Waals surface area contributed by atoms with Crippen molar-refractivity contribution in [3.63, 3.8) is 0 Å². The van der Waals surface area contributed by atoms with E-state index in [-0.39, 0.29) is 22.3 Å². The molecule has 136 valence electrons. The van der Waals surface area contributed by atoms with Crippen LogP contribution in [0, 0.1) is 17.0 Å². The molecule has 8 heteroatoms. The summed E-state index contributed by atoms with van der Waals surface area (Å²) in [7, 11) is 0. The summed E-state index contributed by atoms with van der Waals surface area (Å²) in [6, 6.07) is 14.4. The van der Waals surface area contributed by atoms with Gasteiger partial charge in [0.1, 0.15) is 6.33 Å². The summed E-state index contributed by atoms with van der Waals surface area (Å²) in [6.45, 7) is 3.43. The summed E-state index contributed by atoms with van der Waals surface area (Å²) in [5.74, 6) is -0.0169. The molecule has 0 fully saturated rings. The molecule has 0 amide bonds. The predicted octanol–water partition coefficient (Wildman–Crippen LogP) is 4.79. The maximum atomic E-state index is 11.7. The van der Waals surface area contributed by atoms with Crippen molar-refractivity contribution in [2.24, 2.45) is 0 Å². The number of aryl methyl sites for hydroxylation is 1. The zero-order valence-electron chi connectivity index (χ0n) is 14.7. The van der Waals surface area contributed by atoms with Gasteiger partial charge in [0.25, 0.3) is 0 Å². The zero-order chi connectivity index (χ0) is 19.4. The van der Waals surface area contributed by atoms with Crippen LogP contribution in [0.2, 0.25) is 0 Å². The topological polar surface area (TPSA) is 98.0 Å². The number of nitro groups is 1. The van der Waals surface area contributed by atoms with E-state index in [9.17, 15) is 14.9 Å². The number of nitrogens with one attached hydrogen (secondary N) is 1. The van der Waals surface area contributed by atoms with Crippen LogP contribution in [-0.2, 0) is 0 Å². The molecule has 1 heterocycles. The van der Waals surface area contributed by atoms with Gasteiger partial charge in [0.05, 0.1) is 4.92 Å². The molecule has 7 nitrogen and oxygen atoms in total. The van der Waals surface area contributed by atoms with Crippen LogP contribution in [-0.4, -0.2) is 20.7 Å². The van der Waals surface area contributed by atoms with Crippen molar-refractivity contribution in [2.45, 2.75) is 23.8 Å². The lowest BCUT2D eigenvalue weighted by Crippen LogP contribution is -2.03. The minimum absolute atomic E-state index is 0.0744. The highest BCUT2D eigenvalue weighted by Gasteiger charge is 2.24. The summed E-state index contributed by atoms with van der Waals surface area (Å²) in [4.78, 5) is 31.7. The van der Waals surface area contributed by atoms with Gasteiger partial charge < -0.3 is 5.32 Å². The fourth-order valence-electron chi connectivity index (χ4n) is 2.36. The monoisotopic (exact) mass is 380 g/mol. The number of carbonyl (C=O) groups is 1. The van der Waals surface area contributed by atoms with Crippen LogP contribution in [0.25, 0.3) is 0 Å². The number of nitrogens with zero attached hydrogens (tertiary/aromatic N) is 3. The van der Waals surface area contributed by atoms with Crippen LogP contribution < -0.4 is 5.32 Å². The van der Waals surface area contributed by atoms with Gasteiger partial charge in [0.15, 0.2) is 10.8 Å². The number of benzene rings is 2. The summed E-state index contributed by atoms with van der Waals surface area (Å²) < 4.78 is 0. The van der Waals surface area contributed by atoms with Crippen molar-refractivity contribution in [1.29, 1.82) is 0 Å². The molecule has 2 aromatic carbocycles. The van der Waals surface area contributed by atoms with E-state index in [2.05, 4.69) is 15.3 Å². The Morgan fingerprint density at radius 3 is 2.56 bits per heavy atom. The van der Waals surface area contributed by atoms with Gasteiger partial charge in [-0.3, -0.25) is 14.9 Å². The number of ketones is 1. The summed E-state index contributed by atoms with van der Waals surface area (Å²) in [6.07, 6.45) is 1.28. The maximum Gasteiger partial charge on any atom is 0.343 e. The molecule has 0 bridgehead atoms. The highest BCUT2D eigenvalue weighted by Crippen LogP contribution is 2.37. The molecular weight excluding hydrogens is 364 g/mol. The molecule has 27 heavy (non-hydrogen) atoms. The number of carbonyl (C=O) groups excluding carboxylic acids is 1. The van der Waals surface area contributed by atoms with Gasteiger partial charge in [0, 0.05) is 16.1 Å². The normalized spacial score (nSPS) is 10.4. The van der Waals surface area contributed by atoms with Crippen LogP contribution in [0.5, 0.6) is 0 Å². The summed E-state index contributed by atoms with van der Waals surface area (Å²) >= 11 is 1.20. The predicted molar refractivity (Wildman–Crippen MR) is 104 cm³/mol. The number of aromatic nitrogens is 2. The molecular formula is C19H16N4O3S. The Morgan fingerprint density at radius 1 is 1.15 bits per heavy atom. The number of hydrogen-bond donors (Lipinski definition) is 1. The van der Waals surface area contributed by atoms with E-state index >= 15 is 0 Å². The highest BCUT2D eigenvalue weighted by atomic mass is 32.2. The standard InChI is InChI=1S/C19H16N4O3S/c1-12-6-8-16(9-7-12)27-19-17(23(25)26)18(20-11-21-19)22-15-5-3-4-14(10-15)13(2)24/h3-11H,1-2H3,(H,20,21,22). The Kier molecular flexibility index (Phi) is 5.46. The molecule has 0 spiro atoms. The van der Waals surface area contributed by atoms with E-state index in [4.69, 9.17) is 0 Å². The first kappa shape index (κ1) is 18.5. The second kappa shape index (κ2) is 7.96. The van der Waals surface area contributed by atoms with Gasteiger partial charge >= 0.3 is 5.69 Å². The SMILES string of the molecule is CC(=O)c1cccc(Nc2ncnc(Sc3ccc(C)cc3)c2[N+](=O)[O-])c1. The first-order valence-corrected chi connectivity index (χ1v) is 8.87. The molecule has 0 atom stereocenters. The molecule has 0 radical (unpaired) electrons. The molecule has 3 rings (SSSR count). The molecule has 0 saturated heterocycles. The first-order valence-electron chi connectivity index (χ1n) is 8.06. The van der Waals surface area contributed by atoms with Gasteiger partial charge in [0.2, 0.25) is 5.82 Å². The molecule has 0 aliphatic heterocycles. The molecule has 0 saturated carbocycles. The maximum absolute atomic E-state index is 11.7. The lowest BCUT2D eigenvalue weighted by atomic mass is 10.1. The lowest BCUT2D eigenvalue weighted by molar-refractivity contribution is -0.387. The second-order valence-corrected chi connectivity index (χ2v) is 6.87. The second-order valence-electron chi connectivity index (χ2n) is 5.81. The van der Waals surface area contributed by atoms with Gasteiger partial charge in [-0.05, 0) is 38.1 Å². The average Bonchev–Trinajstić information content (AvgIpc) is 2.64. The largest absolute Gasteiger partial charge is 0.343 e. The Hall–Kier alpha value is -3.26. The Morgan fingerprint density at radius 2 is 1.89 bits per heavy atom. The van der Waals surface area contributed by atoms with Crippen molar-refractivity contribution in [3.05, 3.63) is 76.1 Å². The van der Waals surface area contributed by atoms with Gasteiger partial charge in [-0.2, -0.15) is 0 Å². The number of Topliss-reactive ketones (excluding diaryl/α,β-unsaturated/α-hetero) is 1. The van der Waals surface area contributed by atoms with E-state index < -0.39 is 4.92 Å². The highest BCUT2D eigenvalue weighted by molar-refractivity contribution is 7.99. The molecule has 0 unspecified atom stereocenters. The van der Waals surface area contributed by atoms with E-state index in [1.165, 1.54) is 25.0 Å². The van der Waals surface area contributed by atoms with Crippen LogP contribution in [0.1, 0.15) is 22.8 Å². The molecule has 1 N–H and O–H groups in total. The molecule has 1 aromatic heterocycles. The minimum atomic E-state index is -0.506. The molecule has 0 aliphatic carbocycles. The smallest absolute Gasteiger partial charge is 0.334 e. The Labute approximate surface area is 160 Å². The molecule has 0 aliphatic rings. The zero-order valence-corrected chi connectivity index (χ0v) is 15.5. The fraction of sp³-hybridized carbons (Fsp3) is 0.105. The van der Waals surface area contributed by atoms with Crippen molar-refractivity contribution in [2.75, 3.05) is 5.32 Å². The van der Waals surface area contributed by atoms with Crippen molar-refractivity contribution >= 4 is 34.7 Å². The van der Waals surface area contributed by atoms with E-state index in [1.54, 1.807) is 24.3 Å². The van der Waals surface area contributed by atoms with E-state index in [0.717, 1.165) is 10.5 Å². The lowest BCUT2D eigenvalue weighted by Gasteiger charge is -2.09. The fourth-order valence-corrected chi connectivity index (χ4v) is 3.23. The minimum Gasteiger partial charge on any atom is -0.334 e. The van der Waals surface area contributed by atoms with Crippen LogP contribution in [0.15, 0.2) is 64.8 Å². The third-order valence-electron chi connectivity index (χ3n) is 3.74. The van der Waals surface area contributed by atoms with Gasteiger partial charge in [-0.15, -0.1) is 0 Å². The third kappa shape index (κ3) is 4.48. The number of anilines is 2. The molecule has 3 aromatic rings. The Balaban J connectivity index is 1.96. The van der Waals surface area contributed by atoms with Gasteiger partial charge in [-0.1, -0.05) is 41.6 Å². The summed E-state index contributed by atoms with van der Waals surface area (Å²) in [5.41, 5.74) is 1.93. The van der Waals surface area contributed by atoms with E-state index in [1.807, 2.05) is 31.2 Å². The van der Waals surface area contributed by atoms with E-state index in [0.29, 0.717) is 11.3 Å². The van der Waals surface area contributed by atoms with Crippen LogP contribution >= 0.6 is 11.8 Å². The first-order chi connectivity index (χ1) is 12.9. The van der Waals surface area contributed by atoms with Crippen LogP contribution in [0.4, 0.5) is 17.2 Å². The van der Waals surface area contributed by atoms with Crippen molar-refractivity contribution < 1.29 is 9.72 Å². The summed E-state index contributed by atoms with van der Waals surface area (Å²) in [5, 5.41) is 14.8. The average molecular weight is 380 g/mol. The van der Waals surface area contributed by atoms with Gasteiger partial charge in [-0.25, -0.2) is 9.97 Å².